The minimum Gasteiger partial charge on any atom is -0.477 e. The fraction of sp³-hybridized carbons (Fsp3) is 0.867. The summed E-state index contributed by atoms with van der Waals surface area (Å²) in [5.41, 5.74) is -0.0741. The van der Waals surface area contributed by atoms with Crippen LogP contribution in [0, 0.1) is 11.8 Å². The maximum Gasteiger partial charge on any atom is 0.353 e. The molecule has 2 aliphatic carbocycles. The molecule has 106 valence electrons. The molecule has 0 unspecified atom stereocenters. The van der Waals surface area contributed by atoms with Gasteiger partial charge in [0.25, 0.3) is 0 Å². The Balaban J connectivity index is 1.54. The van der Waals surface area contributed by atoms with E-state index in [9.17, 15) is 4.79 Å². The smallest absolute Gasteiger partial charge is 0.353 e. The first-order chi connectivity index (χ1) is 9.19. The molecule has 1 spiro atoms. The van der Waals surface area contributed by atoms with Crippen LogP contribution >= 0.6 is 0 Å². The SMILES string of the molecule is O=C(O)C1=NOC2(CCC(C3CCCCC3)CC2)C1. The Bertz CT molecular complexity index is 377. The number of carbonyl (C=O) groups is 1. The van der Waals surface area contributed by atoms with Crippen molar-refractivity contribution in [1.82, 2.24) is 0 Å². The maximum atomic E-state index is 10.9. The van der Waals surface area contributed by atoms with Crippen LogP contribution in [0.3, 0.4) is 0 Å². The van der Waals surface area contributed by atoms with Gasteiger partial charge in [-0.1, -0.05) is 37.3 Å². The molecule has 3 aliphatic rings. The molecule has 1 heterocycles. The van der Waals surface area contributed by atoms with Gasteiger partial charge in [0.1, 0.15) is 5.60 Å². The summed E-state index contributed by atoms with van der Waals surface area (Å²) in [6, 6.07) is 0. The average Bonchev–Trinajstić information content (AvgIpc) is 2.85. The molecule has 0 aromatic carbocycles. The van der Waals surface area contributed by atoms with Gasteiger partial charge in [0.2, 0.25) is 0 Å². The molecule has 2 saturated carbocycles. The zero-order valence-corrected chi connectivity index (χ0v) is 11.4. The van der Waals surface area contributed by atoms with Crippen LogP contribution in [0.4, 0.5) is 0 Å². The number of oxime groups is 1. The summed E-state index contributed by atoms with van der Waals surface area (Å²) in [6.07, 6.45) is 11.8. The van der Waals surface area contributed by atoms with Crippen molar-refractivity contribution in [3.8, 4) is 0 Å². The third-order valence-corrected chi connectivity index (χ3v) is 5.34. The number of carboxylic acid groups (broad SMARTS) is 1. The van der Waals surface area contributed by atoms with Crippen LogP contribution in [0.25, 0.3) is 0 Å². The van der Waals surface area contributed by atoms with Crippen LogP contribution in [0.2, 0.25) is 0 Å². The predicted octanol–water partition coefficient (Wildman–Crippen LogP) is 3.36. The summed E-state index contributed by atoms with van der Waals surface area (Å²) in [5, 5.41) is 12.7. The zero-order chi connectivity index (χ0) is 13.3. The summed E-state index contributed by atoms with van der Waals surface area (Å²) in [4.78, 5) is 16.4. The van der Waals surface area contributed by atoms with Crippen LogP contribution in [-0.2, 0) is 9.63 Å². The normalized spacial score (nSPS) is 36.0. The molecule has 0 amide bonds. The number of rotatable bonds is 2. The van der Waals surface area contributed by atoms with Crippen molar-refractivity contribution in [2.75, 3.05) is 0 Å². The first-order valence-corrected chi connectivity index (χ1v) is 7.67. The van der Waals surface area contributed by atoms with Gasteiger partial charge < -0.3 is 9.94 Å². The third kappa shape index (κ3) is 2.63. The molecule has 4 heteroatoms. The maximum absolute atomic E-state index is 10.9. The Morgan fingerprint density at radius 2 is 1.74 bits per heavy atom. The molecule has 0 bridgehead atoms. The lowest BCUT2D eigenvalue weighted by Gasteiger charge is -2.39. The van der Waals surface area contributed by atoms with Crippen molar-refractivity contribution < 1.29 is 14.7 Å². The van der Waals surface area contributed by atoms with Gasteiger partial charge >= 0.3 is 5.97 Å². The summed E-state index contributed by atoms with van der Waals surface area (Å²) in [5.74, 6) is 0.821. The molecule has 0 radical (unpaired) electrons. The Morgan fingerprint density at radius 1 is 1.11 bits per heavy atom. The third-order valence-electron chi connectivity index (χ3n) is 5.34. The van der Waals surface area contributed by atoms with E-state index >= 15 is 0 Å². The van der Waals surface area contributed by atoms with Crippen molar-refractivity contribution >= 4 is 11.7 Å². The minimum atomic E-state index is -0.925. The molecule has 2 fully saturated rings. The number of carboxylic acids is 1. The quantitative estimate of drug-likeness (QED) is 0.832. The van der Waals surface area contributed by atoms with Gasteiger partial charge in [-0.3, -0.25) is 0 Å². The topological polar surface area (TPSA) is 58.9 Å². The Kier molecular flexibility index (Phi) is 3.50. The lowest BCUT2D eigenvalue weighted by atomic mass is 9.69. The molecule has 0 aromatic heterocycles. The van der Waals surface area contributed by atoms with Gasteiger partial charge in [0.15, 0.2) is 5.71 Å². The van der Waals surface area contributed by atoms with Gasteiger partial charge in [-0.05, 0) is 37.5 Å². The molecular weight excluding hydrogens is 242 g/mol. The largest absolute Gasteiger partial charge is 0.477 e. The highest BCUT2D eigenvalue weighted by molar-refractivity contribution is 6.36. The second-order valence-corrected chi connectivity index (χ2v) is 6.53. The van der Waals surface area contributed by atoms with Gasteiger partial charge in [-0.15, -0.1) is 0 Å². The molecule has 0 atom stereocenters. The summed E-state index contributed by atoms with van der Waals surface area (Å²) in [6.45, 7) is 0. The molecule has 0 saturated heterocycles. The summed E-state index contributed by atoms with van der Waals surface area (Å²) >= 11 is 0. The van der Waals surface area contributed by atoms with E-state index < -0.39 is 5.97 Å². The van der Waals surface area contributed by atoms with Crippen molar-refractivity contribution in [2.45, 2.75) is 69.8 Å². The second-order valence-electron chi connectivity index (χ2n) is 6.53. The highest BCUT2D eigenvalue weighted by Gasteiger charge is 2.45. The number of nitrogens with zero attached hydrogens (tertiary/aromatic N) is 1. The van der Waals surface area contributed by atoms with E-state index in [2.05, 4.69) is 5.16 Å². The van der Waals surface area contributed by atoms with Gasteiger partial charge in [-0.2, -0.15) is 0 Å². The van der Waals surface area contributed by atoms with E-state index in [4.69, 9.17) is 9.94 Å². The van der Waals surface area contributed by atoms with E-state index in [-0.39, 0.29) is 11.3 Å². The van der Waals surface area contributed by atoms with Crippen LogP contribution in [-0.4, -0.2) is 22.4 Å². The molecule has 4 nitrogen and oxygen atoms in total. The number of aliphatic carboxylic acids is 1. The van der Waals surface area contributed by atoms with Crippen molar-refractivity contribution in [1.29, 1.82) is 0 Å². The first-order valence-electron chi connectivity index (χ1n) is 7.67. The van der Waals surface area contributed by atoms with E-state index in [1.54, 1.807) is 0 Å². The monoisotopic (exact) mass is 265 g/mol. The average molecular weight is 265 g/mol. The fourth-order valence-corrected chi connectivity index (χ4v) is 4.15. The number of hydrogen-bond donors (Lipinski definition) is 1. The second kappa shape index (κ2) is 5.14. The Hall–Kier alpha value is -1.06. The van der Waals surface area contributed by atoms with E-state index in [1.165, 1.54) is 44.9 Å². The highest BCUT2D eigenvalue weighted by atomic mass is 16.7. The minimum absolute atomic E-state index is 0.205. The first kappa shape index (κ1) is 12.9. The van der Waals surface area contributed by atoms with Gasteiger partial charge in [-0.25, -0.2) is 4.79 Å². The standard InChI is InChI=1S/C15H23NO3/c17-14(18)13-10-15(19-16-13)8-6-12(7-9-15)11-4-2-1-3-5-11/h11-12H,1-10H2,(H,17,18). The Labute approximate surface area is 114 Å². The van der Waals surface area contributed by atoms with Crippen molar-refractivity contribution in [3.05, 3.63) is 0 Å². The van der Waals surface area contributed by atoms with Gasteiger partial charge in [0.05, 0.1) is 0 Å². The highest BCUT2D eigenvalue weighted by Crippen LogP contribution is 2.45. The van der Waals surface area contributed by atoms with Crippen LogP contribution < -0.4 is 0 Å². The molecule has 1 N–H and O–H groups in total. The van der Waals surface area contributed by atoms with Crippen LogP contribution in [0.1, 0.15) is 64.2 Å². The van der Waals surface area contributed by atoms with E-state index in [0.717, 1.165) is 24.7 Å². The number of hydrogen-bond acceptors (Lipinski definition) is 3. The predicted molar refractivity (Wildman–Crippen MR) is 72.0 cm³/mol. The molecule has 19 heavy (non-hydrogen) atoms. The summed E-state index contributed by atoms with van der Waals surface area (Å²) in [7, 11) is 0. The van der Waals surface area contributed by atoms with Crippen molar-refractivity contribution in [3.63, 3.8) is 0 Å². The molecular formula is C15H23NO3. The molecule has 1 aliphatic heterocycles. The summed E-state index contributed by atoms with van der Waals surface area (Å²) < 4.78 is 0. The van der Waals surface area contributed by atoms with Crippen LogP contribution in [0.15, 0.2) is 5.16 Å². The van der Waals surface area contributed by atoms with E-state index in [1.807, 2.05) is 0 Å². The zero-order valence-electron chi connectivity index (χ0n) is 11.4. The Morgan fingerprint density at radius 3 is 2.32 bits per heavy atom. The fourth-order valence-electron chi connectivity index (χ4n) is 4.15. The van der Waals surface area contributed by atoms with Crippen molar-refractivity contribution in [2.24, 2.45) is 17.0 Å². The van der Waals surface area contributed by atoms with Gasteiger partial charge in [0, 0.05) is 6.42 Å². The lowest BCUT2D eigenvalue weighted by Crippen LogP contribution is -2.37. The van der Waals surface area contributed by atoms with E-state index in [0.29, 0.717) is 6.42 Å². The molecule has 0 aromatic rings. The van der Waals surface area contributed by atoms with Crippen LogP contribution in [0.5, 0.6) is 0 Å². The lowest BCUT2D eigenvalue weighted by molar-refractivity contribution is -0.129. The molecule has 3 rings (SSSR count).